The molecule has 2 heterocycles. The molecule has 0 bridgehead atoms. The molecule has 1 aliphatic heterocycles. The monoisotopic (exact) mass is 420 g/mol. The Bertz CT molecular complexity index is 1110. The molecule has 31 heavy (non-hydrogen) atoms. The lowest BCUT2D eigenvalue weighted by Gasteiger charge is -2.29. The highest BCUT2D eigenvalue weighted by Gasteiger charge is 2.26. The van der Waals surface area contributed by atoms with Gasteiger partial charge in [-0.3, -0.25) is 14.5 Å². The van der Waals surface area contributed by atoms with Gasteiger partial charge in [0.1, 0.15) is 11.6 Å². The van der Waals surface area contributed by atoms with E-state index in [4.69, 9.17) is 4.74 Å². The normalized spacial score (nSPS) is 15.1. The predicted molar refractivity (Wildman–Crippen MR) is 120 cm³/mol. The summed E-state index contributed by atoms with van der Waals surface area (Å²) in [4.78, 5) is 34.5. The number of H-pyrrole nitrogens is 1. The van der Waals surface area contributed by atoms with Crippen LogP contribution in [0.5, 0.6) is 5.75 Å². The van der Waals surface area contributed by atoms with Crippen LogP contribution in [0.25, 0.3) is 10.9 Å². The summed E-state index contributed by atoms with van der Waals surface area (Å²) >= 11 is 0. The number of carbonyl (C=O) groups excluding carboxylic acids is 1. The Kier molecular flexibility index (Phi) is 6.62. The molecule has 1 aromatic heterocycles. The lowest BCUT2D eigenvalue weighted by molar-refractivity contribution is -0.121. The molecule has 0 aliphatic carbocycles. The molecule has 2 N–H and O–H groups in total. The molecule has 7 nitrogen and oxygen atoms in total. The van der Waals surface area contributed by atoms with Crippen LogP contribution >= 0.6 is 0 Å². The Hall–Kier alpha value is -3.19. The van der Waals surface area contributed by atoms with Crippen molar-refractivity contribution in [1.82, 2.24) is 20.2 Å². The summed E-state index contributed by atoms with van der Waals surface area (Å²) in [6, 6.07) is 15.3. The number of carbonyl (C=O) groups is 1. The summed E-state index contributed by atoms with van der Waals surface area (Å²) < 4.78 is 5.56. The zero-order valence-corrected chi connectivity index (χ0v) is 17.8. The maximum absolute atomic E-state index is 12.6. The number of likely N-dealkylation sites (tertiary alicyclic amines) is 1. The third kappa shape index (κ3) is 4.94. The number of fused-ring (bicyclic) bond motifs is 1. The van der Waals surface area contributed by atoms with Gasteiger partial charge in [-0.15, -0.1) is 0 Å². The van der Waals surface area contributed by atoms with E-state index >= 15 is 0 Å². The molecule has 2 aromatic carbocycles. The third-order valence-corrected chi connectivity index (χ3v) is 5.82. The average Bonchev–Trinajstić information content (AvgIpc) is 3.33. The van der Waals surface area contributed by atoms with Gasteiger partial charge in [0.2, 0.25) is 5.91 Å². The molecule has 0 unspecified atom stereocenters. The molecule has 0 saturated carbocycles. The van der Waals surface area contributed by atoms with E-state index in [1.807, 2.05) is 36.4 Å². The van der Waals surface area contributed by atoms with Gasteiger partial charge in [0.05, 0.1) is 24.1 Å². The Balaban J connectivity index is 1.41. The molecule has 1 saturated heterocycles. The maximum atomic E-state index is 12.6. The second kappa shape index (κ2) is 9.75. The van der Waals surface area contributed by atoms with Crippen molar-refractivity contribution in [3.05, 3.63) is 70.3 Å². The topological polar surface area (TPSA) is 87.3 Å². The van der Waals surface area contributed by atoms with Crippen molar-refractivity contribution < 1.29 is 9.53 Å². The number of benzene rings is 2. The number of hydrogen-bond acceptors (Lipinski definition) is 5. The van der Waals surface area contributed by atoms with Crippen LogP contribution < -0.4 is 15.6 Å². The second-order valence-electron chi connectivity index (χ2n) is 7.83. The van der Waals surface area contributed by atoms with E-state index in [9.17, 15) is 9.59 Å². The first-order chi connectivity index (χ1) is 15.2. The SMILES string of the molecule is COc1ccccc1[C@@H](CNC(=O)CCc1nc2ccccc2c(=O)[nH]1)N1CCCC1. The van der Waals surface area contributed by atoms with Crippen LogP contribution in [0.2, 0.25) is 0 Å². The number of hydrogen-bond donors (Lipinski definition) is 2. The Morgan fingerprint density at radius 3 is 2.71 bits per heavy atom. The van der Waals surface area contributed by atoms with E-state index in [-0.39, 0.29) is 23.9 Å². The molecule has 162 valence electrons. The second-order valence-corrected chi connectivity index (χ2v) is 7.83. The van der Waals surface area contributed by atoms with Crippen LogP contribution in [-0.4, -0.2) is 47.5 Å². The number of rotatable bonds is 8. The van der Waals surface area contributed by atoms with Gasteiger partial charge in [-0.1, -0.05) is 30.3 Å². The fourth-order valence-electron chi connectivity index (χ4n) is 4.21. The van der Waals surface area contributed by atoms with E-state index in [1.54, 1.807) is 13.2 Å². The van der Waals surface area contributed by atoms with E-state index in [1.165, 1.54) is 12.8 Å². The fraction of sp³-hybridized carbons (Fsp3) is 0.375. The molecule has 4 rings (SSSR count). The highest BCUT2D eigenvalue weighted by Crippen LogP contribution is 2.31. The summed E-state index contributed by atoms with van der Waals surface area (Å²) in [6.45, 7) is 2.54. The lowest BCUT2D eigenvalue weighted by Crippen LogP contribution is -2.37. The summed E-state index contributed by atoms with van der Waals surface area (Å²) in [5, 5.41) is 3.63. The Morgan fingerprint density at radius 1 is 1.16 bits per heavy atom. The smallest absolute Gasteiger partial charge is 0.258 e. The number of nitrogens with one attached hydrogen (secondary N) is 2. The van der Waals surface area contributed by atoms with Gasteiger partial charge in [0.15, 0.2) is 0 Å². The summed E-state index contributed by atoms with van der Waals surface area (Å²) in [7, 11) is 1.68. The van der Waals surface area contributed by atoms with Crippen molar-refractivity contribution >= 4 is 16.8 Å². The maximum Gasteiger partial charge on any atom is 0.258 e. The largest absolute Gasteiger partial charge is 0.496 e. The molecule has 1 aliphatic rings. The number of ether oxygens (including phenoxy) is 1. The Labute approximate surface area is 181 Å². The first-order valence-corrected chi connectivity index (χ1v) is 10.8. The van der Waals surface area contributed by atoms with E-state index in [0.29, 0.717) is 29.7 Å². The minimum atomic E-state index is -0.175. The van der Waals surface area contributed by atoms with E-state index in [2.05, 4.69) is 26.3 Å². The molecule has 1 amide bonds. The van der Waals surface area contributed by atoms with Crippen molar-refractivity contribution in [2.45, 2.75) is 31.7 Å². The lowest BCUT2D eigenvalue weighted by atomic mass is 10.0. The van der Waals surface area contributed by atoms with Crippen LogP contribution in [-0.2, 0) is 11.2 Å². The summed E-state index contributed by atoms with van der Waals surface area (Å²) in [5.41, 5.74) is 1.56. The van der Waals surface area contributed by atoms with Crippen molar-refractivity contribution in [3.8, 4) is 5.75 Å². The van der Waals surface area contributed by atoms with Crippen LogP contribution in [0, 0.1) is 0 Å². The van der Waals surface area contributed by atoms with Gasteiger partial charge in [0.25, 0.3) is 5.56 Å². The molecule has 7 heteroatoms. The van der Waals surface area contributed by atoms with Crippen molar-refractivity contribution in [3.63, 3.8) is 0 Å². The Morgan fingerprint density at radius 2 is 1.90 bits per heavy atom. The quantitative estimate of drug-likeness (QED) is 0.585. The third-order valence-electron chi connectivity index (χ3n) is 5.82. The predicted octanol–water partition coefficient (Wildman–Crippen LogP) is 2.82. The van der Waals surface area contributed by atoms with Crippen molar-refractivity contribution in [1.29, 1.82) is 0 Å². The molecule has 0 spiro atoms. The van der Waals surface area contributed by atoms with Crippen LogP contribution in [0.3, 0.4) is 0 Å². The fourth-order valence-corrected chi connectivity index (χ4v) is 4.21. The number of amides is 1. The standard InChI is InChI=1S/C24H28N4O3/c1-31-21-11-5-3-9-18(21)20(28-14-6-7-15-28)16-25-23(29)13-12-22-26-19-10-4-2-8-17(19)24(30)27-22/h2-5,8-11,20H,6-7,12-16H2,1H3,(H,25,29)(H,26,27,30)/t20-/m1/s1. The number of para-hydroxylation sites is 2. The highest BCUT2D eigenvalue weighted by atomic mass is 16.5. The zero-order chi connectivity index (χ0) is 21.6. The number of methoxy groups -OCH3 is 1. The summed E-state index contributed by atoms with van der Waals surface area (Å²) in [6.07, 6.45) is 2.98. The van der Waals surface area contributed by atoms with Gasteiger partial charge in [-0.05, 0) is 44.1 Å². The van der Waals surface area contributed by atoms with E-state index in [0.717, 1.165) is 24.4 Å². The molecule has 1 fully saturated rings. The number of aromatic amines is 1. The van der Waals surface area contributed by atoms with Crippen molar-refractivity contribution in [2.75, 3.05) is 26.7 Å². The zero-order valence-electron chi connectivity index (χ0n) is 17.8. The molecular weight excluding hydrogens is 392 g/mol. The van der Waals surface area contributed by atoms with Gasteiger partial charge in [0, 0.05) is 24.9 Å². The number of aromatic nitrogens is 2. The van der Waals surface area contributed by atoms with Crippen LogP contribution in [0.4, 0.5) is 0 Å². The number of nitrogens with zero attached hydrogens (tertiary/aromatic N) is 2. The van der Waals surface area contributed by atoms with Gasteiger partial charge < -0.3 is 15.0 Å². The summed E-state index contributed by atoms with van der Waals surface area (Å²) in [5.74, 6) is 1.31. The molecule has 3 aromatic rings. The van der Waals surface area contributed by atoms with Crippen LogP contribution in [0.15, 0.2) is 53.3 Å². The van der Waals surface area contributed by atoms with Gasteiger partial charge >= 0.3 is 0 Å². The molecule has 1 atom stereocenters. The van der Waals surface area contributed by atoms with E-state index < -0.39 is 0 Å². The minimum Gasteiger partial charge on any atom is -0.496 e. The number of aryl methyl sites for hydroxylation is 1. The first-order valence-electron chi connectivity index (χ1n) is 10.8. The van der Waals surface area contributed by atoms with Gasteiger partial charge in [-0.2, -0.15) is 0 Å². The average molecular weight is 421 g/mol. The van der Waals surface area contributed by atoms with Gasteiger partial charge in [-0.25, -0.2) is 4.98 Å². The molecule has 0 radical (unpaired) electrons. The van der Waals surface area contributed by atoms with Crippen LogP contribution in [0.1, 0.15) is 36.7 Å². The van der Waals surface area contributed by atoms with Crippen molar-refractivity contribution in [2.24, 2.45) is 0 Å². The molecular formula is C24H28N4O3. The first kappa shape index (κ1) is 21.1. The minimum absolute atomic E-state index is 0.0603. The highest BCUT2D eigenvalue weighted by molar-refractivity contribution is 5.78.